The van der Waals surface area contributed by atoms with Gasteiger partial charge in [-0.05, 0) is 49.7 Å². The maximum Gasteiger partial charge on any atom is 0.247 e. The van der Waals surface area contributed by atoms with Gasteiger partial charge in [-0.2, -0.15) is 0 Å². The van der Waals surface area contributed by atoms with Crippen LogP contribution < -0.4 is 9.80 Å². The van der Waals surface area contributed by atoms with Crippen LogP contribution in [-0.4, -0.2) is 57.5 Å². The van der Waals surface area contributed by atoms with E-state index in [1.54, 1.807) is 11.0 Å². The van der Waals surface area contributed by atoms with Crippen molar-refractivity contribution in [2.24, 2.45) is 0 Å². The van der Waals surface area contributed by atoms with Crippen LogP contribution in [0.1, 0.15) is 12.5 Å². The van der Waals surface area contributed by atoms with E-state index in [4.69, 9.17) is 0 Å². The zero-order valence-corrected chi connectivity index (χ0v) is 19.1. The van der Waals surface area contributed by atoms with Gasteiger partial charge in [0.2, 0.25) is 21.8 Å². The quantitative estimate of drug-likeness (QED) is 0.680. The van der Waals surface area contributed by atoms with E-state index in [0.717, 1.165) is 20.5 Å². The molecule has 2 aromatic carbocycles. The molecule has 1 aliphatic heterocycles. The number of hydrogen-bond donors (Lipinski definition) is 0. The lowest BCUT2D eigenvalue weighted by Gasteiger charge is -2.31. The van der Waals surface area contributed by atoms with Crippen molar-refractivity contribution in [1.82, 2.24) is 4.31 Å². The van der Waals surface area contributed by atoms with E-state index in [-0.39, 0.29) is 29.0 Å². The number of hydrogen-bond acceptors (Lipinski definition) is 5. The van der Waals surface area contributed by atoms with Crippen molar-refractivity contribution in [3.05, 3.63) is 48.0 Å². The van der Waals surface area contributed by atoms with Gasteiger partial charge in [-0.3, -0.25) is 9.59 Å². The maximum absolute atomic E-state index is 13.1. The Labute approximate surface area is 181 Å². The van der Waals surface area contributed by atoms with Gasteiger partial charge < -0.3 is 9.80 Å². The lowest BCUT2D eigenvalue weighted by Crippen LogP contribution is -2.45. The number of likely N-dealkylation sites (N-methyl/N-ethyl adjacent to an activating group) is 1. The smallest absolute Gasteiger partial charge is 0.247 e. The summed E-state index contributed by atoms with van der Waals surface area (Å²) in [5, 5.41) is 0. The zero-order chi connectivity index (χ0) is 22.1. The van der Waals surface area contributed by atoms with Crippen LogP contribution in [0, 0.1) is 6.92 Å². The van der Waals surface area contributed by atoms with E-state index in [9.17, 15) is 18.0 Å². The molecule has 0 unspecified atom stereocenters. The van der Waals surface area contributed by atoms with Crippen LogP contribution in [-0.2, 0) is 19.6 Å². The van der Waals surface area contributed by atoms with Crippen molar-refractivity contribution in [2.75, 3.05) is 42.7 Å². The van der Waals surface area contributed by atoms with Crippen molar-refractivity contribution in [1.29, 1.82) is 0 Å². The minimum Gasteiger partial charge on any atom is -0.311 e. The third-order valence-electron chi connectivity index (χ3n) is 4.88. The summed E-state index contributed by atoms with van der Waals surface area (Å²) >= 11 is 1.34. The van der Waals surface area contributed by atoms with Crippen molar-refractivity contribution < 1.29 is 18.0 Å². The van der Waals surface area contributed by atoms with Crippen LogP contribution in [0.3, 0.4) is 0 Å². The SMILES string of the molecule is CCN(C(=O)CN1C(=O)CSc2ccc(S(=O)(=O)N(C)C)cc21)c1cccc(C)c1. The Kier molecular flexibility index (Phi) is 6.54. The number of benzene rings is 2. The van der Waals surface area contributed by atoms with Crippen molar-refractivity contribution in [2.45, 2.75) is 23.6 Å². The van der Waals surface area contributed by atoms with E-state index in [2.05, 4.69) is 0 Å². The van der Waals surface area contributed by atoms with Gasteiger partial charge in [0.25, 0.3) is 0 Å². The number of amides is 2. The first-order valence-corrected chi connectivity index (χ1v) is 11.9. The van der Waals surface area contributed by atoms with Crippen LogP contribution >= 0.6 is 11.8 Å². The standard InChI is InChI=1S/C21H25N3O4S2/c1-5-23(16-8-6-7-15(2)11-16)20(25)13-24-18-12-17(30(27,28)22(3)4)9-10-19(18)29-14-21(24)26/h6-12H,5,13-14H2,1-4H3. The fourth-order valence-corrected chi connectivity index (χ4v) is 5.08. The molecule has 0 radical (unpaired) electrons. The third-order valence-corrected chi connectivity index (χ3v) is 7.73. The lowest BCUT2D eigenvalue weighted by molar-refractivity contribution is -0.121. The Morgan fingerprint density at radius 1 is 1.17 bits per heavy atom. The Bertz CT molecular complexity index is 1080. The van der Waals surface area contributed by atoms with Gasteiger partial charge in [-0.1, -0.05) is 12.1 Å². The number of thioether (sulfide) groups is 1. The fraction of sp³-hybridized carbons (Fsp3) is 0.333. The molecular formula is C21H25N3O4S2. The van der Waals surface area contributed by atoms with Crippen LogP contribution in [0.5, 0.6) is 0 Å². The molecule has 0 aromatic heterocycles. The lowest BCUT2D eigenvalue weighted by atomic mass is 10.2. The van der Waals surface area contributed by atoms with Gasteiger partial charge in [0.1, 0.15) is 6.54 Å². The molecular weight excluding hydrogens is 422 g/mol. The number of aryl methyl sites for hydroxylation is 1. The molecule has 30 heavy (non-hydrogen) atoms. The molecule has 2 amide bonds. The number of carbonyl (C=O) groups excluding carboxylic acids is 2. The predicted octanol–water partition coefficient (Wildman–Crippen LogP) is 2.74. The summed E-state index contributed by atoms with van der Waals surface area (Å²) < 4.78 is 26.2. The normalized spacial score (nSPS) is 14.0. The Hall–Kier alpha value is -2.36. The zero-order valence-electron chi connectivity index (χ0n) is 17.5. The molecule has 7 nitrogen and oxygen atoms in total. The summed E-state index contributed by atoms with van der Waals surface area (Å²) in [6.07, 6.45) is 0. The van der Waals surface area contributed by atoms with E-state index < -0.39 is 10.0 Å². The molecule has 0 saturated heterocycles. The van der Waals surface area contributed by atoms with Gasteiger partial charge in [-0.15, -0.1) is 11.8 Å². The monoisotopic (exact) mass is 447 g/mol. The highest BCUT2D eigenvalue weighted by atomic mass is 32.2. The van der Waals surface area contributed by atoms with Crippen molar-refractivity contribution in [3.63, 3.8) is 0 Å². The average Bonchev–Trinajstić information content (AvgIpc) is 2.70. The van der Waals surface area contributed by atoms with Gasteiger partial charge in [-0.25, -0.2) is 12.7 Å². The Morgan fingerprint density at radius 3 is 2.53 bits per heavy atom. The molecule has 0 atom stereocenters. The first kappa shape index (κ1) is 22.3. The maximum atomic E-state index is 13.1. The minimum atomic E-state index is -3.66. The van der Waals surface area contributed by atoms with Gasteiger partial charge in [0.15, 0.2) is 0 Å². The van der Waals surface area contributed by atoms with Crippen LogP contribution in [0.4, 0.5) is 11.4 Å². The fourth-order valence-electron chi connectivity index (χ4n) is 3.25. The van der Waals surface area contributed by atoms with E-state index in [1.807, 2.05) is 38.1 Å². The van der Waals surface area contributed by atoms with Crippen molar-refractivity contribution in [3.8, 4) is 0 Å². The molecule has 0 spiro atoms. The largest absolute Gasteiger partial charge is 0.311 e. The molecule has 2 aromatic rings. The van der Waals surface area contributed by atoms with E-state index in [1.165, 1.54) is 42.9 Å². The number of fused-ring (bicyclic) bond motifs is 1. The Balaban J connectivity index is 1.95. The number of rotatable bonds is 6. The van der Waals surface area contributed by atoms with Crippen LogP contribution in [0.2, 0.25) is 0 Å². The molecule has 1 aliphatic rings. The second-order valence-electron chi connectivity index (χ2n) is 7.16. The number of carbonyl (C=O) groups is 2. The number of anilines is 2. The van der Waals surface area contributed by atoms with Crippen molar-refractivity contribution >= 4 is 45.0 Å². The molecule has 0 N–H and O–H groups in total. The average molecular weight is 448 g/mol. The summed E-state index contributed by atoms with van der Waals surface area (Å²) in [5.74, 6) is -0.243. The van der Waals surface area contributed by atoms with Crippen LogP contribution in [0.25, 0.3) is 0 Å². The number of nitrogens with zero attached hydrogens (tertiary/aromatic N) is 3. The first-order chi connectivity index (χ1) is 14.1. The summed E-state index contributed by atoms with van der Waals surface area (Å²) in [4.78, 5) is 29.6. The number of sulfonamides is 1. The minimum absolute atomic E-state index is 0.0880. The third kappa shape index (κ3) is 4.38. The summed E-state index contributed by atoms with van der Waals surface area (Å²) in [6, 6.07) is 12.3. The van der Waals surface area contributed by atoms with Gasteiger partial charge in [0.05, 0.1) is 16.3 Å². The highest BCUT2D eigenvalue weighted by Gasteiger charge is 2.30. The molecule has 9 heteroatoms. The highest BCUT2D eigenvalue weighted by Crippen LogP contribution is 2.37. The van der Waals surface area contributed by atoms with Gasteiger partial charge >= 0.3 is 0 Å². The molecule has 0 aliphatic carbocycles. The van der Waals surface area contributed by atoms with E-state index in [0.29, 0.717) is 12.2 Å². The first-order valence-electron chi connectivity index (χ1n) is 9.52. The predicted molar refractivity (Wildman–Crippen MR) is 120 cm³/mol. The summed E-state index contributed by atoms with van der Waals surface area (Å²) in [7, 11) is -0.747. The highest BCUT2D eigenvalue weighted by molar-refractivity contribution is 8.00. The Morgan fingerprint density at radius 2 is 1.90 bits per heavy atom. The second-order valence-corrected chi connectivity index (χ2v) is 10.3. The molecule has 0 saturated carbocycles. The van der Waals surface area contributed by atoms with E-state index >= 15 is 0 Å². The second kappa shape index (κ2) is 8.79. The molecule has 0 bridgehead atoms. The van der Waals surface area contributed by atoms with Crippen LogP contribution in [0.15, 0.2) is 52.3 Å². The molecule has 160 valence electrons. The summed E-state index contributed by atoms with van der Waals surface area (Å²) in [5.41, 5.74) is 2.26. The topological polar surface area (TPSA) is 78.0 Å². The molecule has 0 fully saturated rings. The molecule has 1 heterocycles. The van der Waals surface area contributed by atoms with Gasteiger partial charge in [0, 0.05) is 31.2 Å². The summed E-state index contributed by atoms with van der Waals surface area (Å²) in [6.45, 7) is 4.14. The molecule has 3 rings (SSSR count).